The highest BCUT2D eigenvalue weighted by molar-refractivity contribution is 5.74. The number of hydrogen-bond donors (Lipinski definition) is 2. The quantitative estimate of drug-likeness (QED) is 0.838. The Hall–Kier alpha value is -2.62. The molecule has 0 aromatic heterocycles. The molecule has 2 N–H and O–H groups in total. The summed E-state index contributed by atoms with van der Waals surface area (Å²) in [5.41, 5.74) is 1.57. The molecule has 4 heteroatoms. The molecule has 4 nitrogen and oxygen atoms in total. The lowest BCUT2D eigenvalue weighted by atomic mass is 10.1. The van der Waals surface area contributed by atoms with E-state index in [-0.39, 0.29) is 11.5 Å². The third kappa shape index (κ3) is 3.23. The molecule has 0 aliphatic heterocycles. The number of ether oxygens (including phenoxy) is 2. The highest BCUT2D eigenvalue weighted by Gasteiger charge is 2.02. The van der Waals surface area contributed by atoms with Gasteiger partial charge in [0.2, 0.25) is 0 Å². The molecular weight excluding hydrogens is 256 g/mol. The minimum absolute atomic E-state index is 0.0198. The molecule has 0 aliphatic rings. The molecule has 2 rings (SSSR count). The van der Waals surface area contributed by atoms with E-state index in [0.717, 1.165) is 5.56 Å². The second-order valence-electron chi connectivity index (χ2n) is 4.22. The van der Waals surface area contributed by atoms with Gasteiger partial charge < -0.3 is 19.7 Å². The third-order valence-corrected chi connectivity index (χ3v) is 2.82. The summed E-state index contributed by atoms with van der Waals surface area (Å²) in [4.78, 5) is 0. The van der Waals surface area contributed by atoms with Gasteiger partial charge >= 0.3 is 0 Å². The van der Waals surface area contributed by atoms with Crippen LogP contribution >= 0.6 is 0 Å². The maximum atomic E-state index is 9.43. The molecule has 0 heterocycles. The largest absolute Gasteiger partial charge is 0.508 e. The lowest BCUT2D eigenvalue weighted by molar-refractivity contribution is 0.394. The number of phenolic OH excluding ortho intramolecular Hbond substituents is 2. The zero-order valence-electron chi connectivity index (χ0n) is 11.3. The van der Waals surface area contributed by atoms with Crippen LogP contribution in [0.3, 0.4) is 0 Å². The first kappa shape index (κ1) is 13.8. The Balaban J connectivity index is 2.31. The fourth-order valence-corrected chi connectivity index (χ4v) is 1.86. The summed E-state index contributed by atoms with van der Waals surface area (Å²) in [6.07, 6.45) is 3.62. The SMILES string of the molecule is COc1ccc(/C=C/c2cc(O)cc(O)c2)c(OC)c1. The monoisotopic (exact) mass is 272 g/mol. The van der Waals surface area contributed by atoms with E-state index < -0.39 is 0 Å². The Morgan fingerprint density at radius 2 is 1.55 bits per heavy atom. The van der Waals surface area contributed by atoms with Gasteiger partial charge in [-0.15, -0.1) is 0 Å². The van der Waals surface area contributed by atoms with Crippen LogP contribution in [0.25, 0.3) is 12.2 Å². The number of methoxy groups -OCH3 is 2. The molecule has 0 bridgehead atoms. The van der Waals surface area contributed by atoms with Gasteiger partial charge in [0.05, 0.1) is 14.2 Å². The van der Waals surface area contributed by atoms with Gasteiger partial charge in [0.25, 0.3) is 0 Å². The zero-order chi connectivity index (χ0) is 14.5. The van der Waals surface area contributed by atoms with Crippen LogP contribution in [0.15, 0.2) is 36.4 Å². The average molecular weight is 272 g/mol. The maximum absolute atomic E-state index is 9.43. The molecule has 0 unspecified atom stereocenters. The first-order valence-corrected chi connectivity index (χ1v) is 6.05. The lowest BCUT2D eigenvalue weighted by Gasteiger charge is -2.07. The third-order valence-electron chi connectivity index (χ3n) is 2.82. The van der Waals surface area contributed by atoms with Gasteiger partial charge in [-0.1, -0.05) is 12.2 Å². The summed E-state index contributed by atoms with van der Waals surface area (Å²) in [5, 5.41) is 18.9. The lowest BCUT2D eigenvalue weighted by Crippen LogP contribution is -1.89. The number of benzene rings is 2. The Morgan fingerprint density at radius 1 is 0.850 bits per heavy atom. The van der Waals surface area contributed by atoms with E-state index in [2.05, 4.69) is 0 Å². The van der Waals surface area contributed by atoms with Crippen LogP contribution in [0.1, 0.15) is 11.1 Å². The highest BCUT2D eigenvalue weighted by atomic mass is 16.5. The summed E-state index contributed by atoms with van der Waals surface area (Å²) in [6, 6.07) is 9.91. The van der Waals surface area contributed by atoms with E-state index in [1.807, 2.05) is 18.2 Å². The summed E-state index contributed by atoms with van der Waals surface area (Å²) >= 11 is 0. The fraction of sp³-hybridized carbons (Fsp3) is 0.125. The number of hydrogen-bond acceptors (Lipinski definition) is 4. The van der Waals surface area contributed by atoms with Gasteiger partial charge in [-0.2, -0.15) is 0 Å². The van der Waals surface area contributed by atoms with Gasteiger partial charge in [-0.25, -0.2) is 0 Å². The molecule has 0 fully saturated rings. The fourth-order valence-electron chi connectivity index (χ4n) is 1.86. The van der Waals surface area contributed by atoms with Crippen molar-refractivity contribution in [2.75, 3.05) is 14.2 Å². The molecule has 104 valence electrons. The van der Waals surface area contributed by atoms with Gasteiger partial charge in [0.15, 0.2) is 0 Å². The van der Waals surface area contributed by atoms with Crippen molar-refractivity contribution in [2.45, 2.75) is 0 Å². The summed E-state index contributed by atoms with van der Waals surface area (Å²) in [5.74, 6) is 1.44. The summed E-state index contributed by atoms with van der Waals surface area (Å²) in [7, 11) is 3.19. The molecule has 2 aromatic rings. The van der Waals surface area contributed by atoms with Crippen LogP contribution in [0.5, 0.6) is 23.0 Å². The smallest absolute Gasteiger partial charge is 0.129 e. The van der Waals surface area contributed by atoms with Crippen LogP contribution in [-0.4, -0.2) is 24.4 Å². The van der Waals surface area contributed by atoms with E-state index in [4.69, 9.17) is 9.47 Å². The van der Waals surface area contributed by atoms with Crippen LogP contribution < -0.4 is 9.47 Å². The molecule has 2 aromatic carbocycles. The Kier molecular flexibility index (Phi) is 4.15. The molecule has 0 aliphatic carbocycles. The Morgan fingerprint density at radius 3 is 2.15 bits per heavy atom. The van der Waals surface area contributed by atoms with Gasteiger partial charge in [0, 0.05) is 17.7 Å². The van der Waals surface area contributed by atoms with Crippen molar-refractivity contribution in [1.82, 2.24) is 0 Å². The molecule has 0 amide bonds. The topological polar surface area (TPSA) is 58.9 Å². The van der Waals surface area contributed by atoms with E-state index >= 15 is 0 Å². The van der Waals surface area contributed by atoms with Crippen molar-refractivity contribution in [1.29, 1.82) is 0 Å². The van der Waals surface area contributed by atoms with Crippen LogP contribution in [0, 0.1) is 0 Å². The van der Waals surface area contributed by atoms with Crippen LogP contribution in [-0.2, 0) is 0 Å². The first-order chi connectivity index (χ1) is 9.62. The van der Waals surface area contributed by atoms with Crippen LogP contribution in [0.2, 0.25) is 0 Å². The predicted octanol–water partition coefficient (Wildman–Crippen LogP) is 3.29. The van der Waals surface area contributed by atoms with E-state index in [1.54, 1.807) is 38.5 Å². The van der Waals surface area contributed by atoms with Gasteiger partial charge in [0.1, 0.15) is 23.0 Å². The standard InChI is InChI=1S/C16H16O4/c1-19-15-6-5-12(16(10-15)20-2)4-3-11-7-13(17)9-14(18)8-11/h3-10,17-18H,1-2H3/b4-3+. The minimum atomic E-state index is 0.0198. The minimum Gasteiger partial charge on any atom is -0.508 e. The predicted molar refractivity (Wildman–Crippen MR) is 78.2 cm³/mol. The van der Waals surface area contributed by atoms with Gasteiger partial charge in [-0.05, 0) is 29.8 Å². The molecular formula is C16H16O4. The molecule has 0 atom stereocenters. The van der Waals surface area contributed by atoms with Gasteiger partial charge in [-0.3, -0.25) is 0 Å². The maximum Gasteiger partial charge on any atom is 0.129 e. The van der Waals surface area contributed by atoms with Crippen molar-refractivity contribution in [3.8, 4) is 23.0 Å². The Labute approximate surface area is 117 Å². The molecule has 0 saturated heterocycles. The van der Waals surface area contributed by atoms with Crippen molar-refractivity contribution in [2.24, 2.45) is 0 Å². The van der Waals surface area contributed by atoms with E-state index in [9.17, 15) is 10.2 Å². The molecule has 0 radical (unpaired) electrons. The van der Waals surface area contributed by atoms with E-state index in [1.165, 1.54) is 6.07 Å². The molecule has 20 heavy (non-hydrogen) atoms. The Bertz CT molecular complexity index is 612. The van der Waals surface area contributed by atoms with Crippen molar-refractivity contribution in [3.05, 3.63) is 47.5 Å². The average Bonchev–Trinajstić information content (AvgIpc) is 2.44. The normalized spacial score (nSPS) is 10.7. The van der Waals surface area contributed by atoms with Crippen molar-refractivity contribution in [3.63, 3.8) is 0 Å². The molecule has 0 spiro atoms. The zero-order valence-corrected chi connectivity index (χ0v) is 11.3. The number of aromatic hydroxyl groups is 2. The summed E-state index contributed by atoms with van der Waals surface area (Å²) in [6.45, 7) is 0. The second-order valence-corrected chi connectivity index (χ2v) is 4.22. The van der Waals surface area contributed by atoms with Crippen LogP contribution in [0.4, 0.5) is 0 Å². The summed E-state index contributed by atoms with van der Waals surface area (Å²) < 4.78 is 10.4. The highest BCUT2D eigenvalue weighted by Crippen LogP contribution is 2.27. The van der Waals surface area contributed by atoms with Crippen molar-refractivity contribution < 1.29 is 19.7 Å². The number of rotatable bonds is 4. The molecule has 0 saturated carbocycles. The first-order valence-electron chi connectivity index (χ1n) is 6.05. The number of phenols is 2. The van der Waals surface area contributed by atoms with Crippen molar-refractivity contribution >= 4 is 12.2 Å². The second kappa shape index (κ2) is 6.02. The van der Waals surface area contributed by atoms with E-state index in [0.29, 0.717) is 17.1 Å².